The zero-order chi connectivity index (χ0) is 14.5. The summed E-state index contributed by atoms with van der Waals surface area (Å²) in [5.74, 6) is -1.29. The Morgan fingerprint density at radius 2 is 1.68 bits per heavy atom. The molecule has 6 nitrogen and oxygen atoms in total. The summed E-state index contributed by atoms with van der Waals surface area (Å²) >= 11 is 0. The van der Waals surface area contributed by atoms with E-state index >= 15 is 0 Å². The second-order valence-corrected chi connectivity index (χ2v) is 3.29. The number of carbonyl (C=O) groups excluding carboxylic acids is 1. The molecule has 19 heavy (non-hydrogen) atoms. The Bertz CT molecular complexity index is 486. The Morgan fingerprint density at radius 1 is 1.11 bits per heavy atom. The molecule has 1 rings (SSSR count). The Kier molecular flexibility index (Phi) is 8.75. The van der Waals surface area contributed by atoms with Gasteiger partial charge in [0.2, 0.25) is 0 Å². The average molecular weight is 259 g/mol. The fourth-order valence-electron chi connectivity index (χ4n) is 0.992. The van der Waals surface area contributed by atoms with Crippen molar-refractivity contribution in [3.05, 3.63) is 58.7 Å². The molecule has 1 amide bonds. The van der Waals surface area contributed by atoms with Crippen LogP contribution in [-0.4, -0.2) is 30.1 Å². The molecule has 1 aromatic carbocycles. The Morgan fingerprint density at radius 3 is 2.11 bits per heavy atom. The number of nitrogens with zero attached hydrogens (tertiary/aromatic N) is 2. The van der Waals surface area contributed by atoms with Crippen LogP contribution < -0.4 is 5.32 Å². The number of amides is 1. The second kappa shape index (κ2) is 10.3. The first kappa shape index (κ1) is 16.1. The first-order valence-corrected chi connectivity index (χ1v) is 5.29. The van der Waals surface area contributed by atoms with Gasteiger partial charge in [-0.15, -0.1) is 0 Å². The number of carbonyl (C=O) groups is 2. The van der Waals surface area contributed by atoms with Crippen molar-refractivity contribution in [3.63, 3.8) is 0 Å². The summed E-state index contributed by atoms with van der Waals surface area (Å²) in [6, 6.07) is 9.60. The normalized spacial score (nSPS) is 8.11. The third-order valence-electron chi connectivity index (χ3n) is 1.77. The van der Waals surface area contributed by atoms with E-state index in [2.05, 4.69) is 15.0 Å². The lowest BCUT2D eigenvalue weighted by Crippen LogP contribution is -2.24. The Hall–Kier alpha value is -2.86. The van der Waals surface area contributed by atoms with Crippen molar-refractivity contribution in [2.75, 3.05) is 13.1 Å². The Labute approximate surface area is 111 Å². The highest BCUT2D eigenvalue weighted by Crippen LogP contribution is 1.96. The summed E-state index contributed by atoms with van der Waals surface area (Å²) in [5.41, 5.74) is 1.04. The highest BCUT2D eigenvalue weighted by molar-refractivity contribution is 5.79. The van der Waals surface area contributed by atoms with Crippen molar-refractivity contribution in [1.29, 1.82) is 0 Å². The molecule has 0 heterocycles. The maximum atomic E-state index is 10.9. The van der Waals surface area contributed by atoms with Gasteiger partial charge in [0, 0.05) is 6.54 Å². The summed E-state index contributed by atoms with van der Waals surface area (Å²) in [7, 11) is 0. The van der Waals surface area contributed by atoms with Crippen LogP contribution in [-0.2, 0) is 16.1 Å². The molecule has 98 valence electrons. The van der Waals surface area contributed by atoms with Crippen LogP contribution in [0.3, 0.4) is 0 Å². The van der Waals surface area contributed by atoms with E-state index < -0.39 is 12.5 Å². The van der Waals surface area contributed by atoms with Gasteiger partial charge in [-0.3, -0.25) is 4.79 Å². The number of carboxylic acids is 1. The zero-order valence-corrected chi connectivity index (χ0v) is 10.2. The van der Waals surface area contributed by atoms with Crippen molar-refractivity contribution in [3.8, 4) is 0 Å². The standard InChI is InChI=1S/C10H10N2O.C3H3NO2/c1-11-8-10(13)12-7-9-5-3-2-4-6-9;1-4-2-3(5)6/h2-6H,7-8H2,(H,12,13);2H2,(H,5,6). The van der Waals surface area contributed by atoms with Gasteiger partial charge < -0.3 is 20.1 Å². The fraction of sp³-hybridized carbons (Fsp3) is 0.231. The number of hydrogen-bond acceptors (Lipinski definition) is 2. The molecule has 0 aliphatic rings. The number of carboxylic acid groups (broad SMARTS) is 1. The van der Waals surface area contributed by atoms with Crippen molar-refractivity contribution < 1.29 is 14.7 Å². The average Bonchev–Trinajstić information content (AvgIpc) is 2.38. The molecule has 0 fully saturated rings. The van der Waals surface area contributed by atoms with Gasteiger partial charge >= 0.3 is 12.5 Å². The van der Waals surface area contributed by atoms with Crippen LogP contribution in [0.15, 0.2) is 30.3 Å². The molecule has 0 bridgehead atoms. The van der Waals surface area contributed by atoms with E-state index in [1.165, 1.54) is 0 Å². The summed E-state index contributed by atoms with van der Waals surface area (Å²) in [4.78, 5) is 25.8. The highest BCUT2D eigenvalue weighted by atomic mass is 16.4. The third-order valence-corrected chi connectivity index (χ3v) is 1.77. The summed E-state index contributed by atoms with van der Waals surface area (Å²) in [6.45, 7) is 12.4. The Balaban J connectivity index is 0.000000459. The monoisotopic (exact) mass is 259 g/mol. The smallest absolute Gasteiger partial charge is 0.384 e. The molecule has 0 saturated carbocycles. The van der Waals surface area contributed by atoms with E-state index in [4.69, 9.17) is 18.3 Å². The molecular formula is C13H13N3O3. The molecular weight excluding hydrogens is 246 g/mol. The van der Waals surface area contributed by atoms with Gasteiger partial charge in [0.05, 0.1) is 0 Å². The molecule has 0 atom stereocenters. The predicted octanol–water partition coefficient (Wildman–Crippen LogP) is 1.21. The number of nitrogens with one attached hydrogen (secondary N) is 1. The van der Waals surface area contributed by atoms with Gasteiger partial charge in [0.25, 0.3) is 12.5 Å². The maximum Gasteiger partial charge on any atom is 0.384 e. The third kappa shape index (κ3) is 10.0. The van der Waals surface area contributed by atoms with E-state index in [9.17, 15) is 9.59 Å². The topological polar surface area (TPSA) is 75.1 Å². The first-order chi connectivity index (χ1) is 9.10. The van der Waals surface area contributed by atoms with Crippen molar-refractivity contribution in [2.45, 2.75) is 6.54 Å². The molecule has 0 radical (unpaired) electrons. The number of hydrogen-bond donors (Lipinski definition) is 2. The van der Waals surface area contributed by atoms with Gasteiger partial charge in [0.1, 0.15) is 0 Å². The minimum absolute atomic E-state index is 0.0904. The molecule has 1 aromatic rings. The van der Waals surface area contributed by atoms with Crippen LogP contribution in [0.25, 0.3) is 9.69 Å². The minimum atomic E-state index is -1.06. The van der Waals surface area contributed by atoms with Crippen LogP contribution >= 0.6 is 0 Å². The lowest BCUT2D eigenvalue weighted by atomic mass is 10.2. The molecule has 6 heteroatoms. The maximum absolute atomic E-state index is 10.9. The van der Waals surface area contributed by atoms with Gasteiger partial charge in [0.15, 0.2) is 0 Å². The largest absolute Gasteiger partial charge is 0.476 e. The lowest BCUT2D eigenvalue weighted by Gasteiger charge is -2.00. The fourth-order valence-corrected chi connectivity index (χ4v) is 0.992. The van der Waals surface area contributed by atoms with Gasteiger partial charge in [-0.25, -0.2) is 17.9 Å². The SMILES string of the molecule is [C-]#[N+]CC(=O)NCc1ccccc1.[C-]#[N+]CC(=O)O. The lowest BCUT2D eigenvalue weighted by molar-refractivity contribution is -0.134. The highest BCUT2D eigenvalue weighted by Gasteiger charge is 2.01. The van der Waals surface area contributed by atoms with Crippen molar-refractivity contribution in [1.82, 2.24) is 5.32 Å². The molecule has 0 aliphatic heterocycles. The quantitative estimate of drug-likeness (QED) is 0.798. The summed E-state index contributed by atoms with van der Waals surface area (Å²) in [5, 5.41) is 10.3. The van der Waals surface area contributed by atoms with Crippen LogP contribution in [0.1, 0.15) is 5.56 Å². The van der Waals surface area contributed by atoms with Crippen LogP contribution in [0.2, 0.25) is 0 Å². The van der Waals surface area contributed by atoms with E-state index in [1.54, 1.807) is 0 Å². The molecule has 0 saturated heterocycles. The van der Waals surface area contributed by atoms with E-state index in [1.807, 2.05) is 30.3 Å². The predicted molar refractivity (Wildman–Crippen MR) is 68.9 cm³/mol. The first-order valence-electron chi connectivity index (χ1n) is 5.29. The minimum Gasteiger partial charge on any atom is -0.476 e. The van der Waals surface area contributed by atoms with Gasteiger partial charge in [-0.05, 0) is 5.56 Å². The van der Waals surface area contributed by atoms with E-state index in [0.29, 0.717) is 6.54 Å². The zero-order valence-electron chi connectivity index (χ0n) is 10.2. The number of rotatable bonds is 4. The second-order valence-electron chi connectivity index (χ2n) is 3.29. The van der Waals surface area contributed by atoms with Crippen molar-refractivity contribution >= 4 is 11.9 Å². The van der Waals surface area contributed by atoms with Gasteiger partial charge in [-0.2, -0.15) is 0 Å². The molecule has 0 aliphatic carbocycles. The van der Waals surface area contributed by atoms with E-state index in [-0.39, 0.29) is 12.5 Å². The molecule has 2 N–H and O–H groups in total. The molecule has 0 unspecified atom stereocenters. The van der Waals surface area contributed by atoms with Crippen LogP contribution in [0, 0.1) is 13.1 Å². The van der Waals surface area contributed by atoms with Crippen LogP contribution in [0.4, 0.5) is 0 Å². The van der Waals surface area contributed by atoms with E-state index in [0.717, 1.165) is 5.56 Å². The van der Waals surface area contributed by atoms with Gasteiger partial charge in [-0.1, -0.05) is 30.3 Å². The summed E-state index contributed by atoms with van der Waals surface area (Å²) in [6.07, 6.45) is 0. The summed E-state index contributed by atoms with van der Waals surface area (Å²) < 4.78 is 0. The van der Waals surface area contributed by atoms with Crippen molar-refractivity contribution in [2.24, 2.45) is 0 Å². The number of aliphatic carboxylic acids is 1. The number of benzene rings is 1. The van der Waals surface area contributed by atoms with Crippen LogP contribution in [0.5, 0.6) is 0 Å². The molecule has 0 aromatic heterocycles. The molecule has 0 spiro atoms.